The summed E-state index contributed by atoms with van der Waals surface area (Å²) in [6.07, 6.45) is 1.54. The third-order valence-electron chi connectivity index (χ3n) is 3.96. The highest BCUT2D eigenvalue weighted by Crippen LogP contribution is 2.41. The highest BCUT2D eigenvalue weighted by molar-refractivity contribution is 6.14. The smallest absolute Gasteiger partial charge is 0.408 e. The van der Waals surface area contributed by atoms with E-state index in [2.05, 4.69) is 11.9 Å². The van der Waals surface area contributed by atoms with Gasteiger partial charge in [0.05, 0.1) is 6.61 Å². The minimum Gasteiger partial charge on any atom is -0.466 e. The second-order valence-corrected chi connectivity index (χ2v) is 5.31. The molecule has 2 rings (SSSR count). The fourth-order valence-electron chi connectivity index (χ4n) is 2.83. The van der Waals surface area contributed by atoms with E-state index in [9.17, 15) is 14.4 Å². The number of unbranched alkanes of at least 4 members (excludes halogenated alkanes) is 1. The Balaban J connectivity index is 2.04. The maximum absolute atomic E-state index is 12.1. The topological polar surface area (TPSA) is 81.7 Å². The maximum atomic E-state index is 12.1. The quantitative estimate of drug-likeness (QED) is 0.473. The van der Waals surface area contributed by atoms with Gasteiger partial charge in [-0.3, -0.25) is 9.59 Å². The lowest BCUT2D eigenvalue weighted by molar-refractivity contribution is -0.141. The molecule has 1 spiro atoms. The number of ketones is 1. The molecule has 1 heterocycles. The van der Waals surface area contributed by atoms with Gasteiger partial charge in [0, 0.05) is 12.5 Å². The Morgan fingerprint density at radius 2 is 2.14 bits per heavy atom. The number of esters is 1. The number of amides is 1. The number of nitrogens with one attached hydrogen (secondary N) is 1. The molecule has 1 N–H and O–H groups in total. The number of ether oxygens (including phenoxy) is 2. The minimum absolute atomic E-state index is 0.104. The zero-order valence-corrected chi connectivity index (χ0v) is 12.3. The Labute approximate surface area is 123 Å². The highest BCUT2D eigenvalue weighted by Gasteiger charge is 2.52. The number of hydrogen-bond donors (Lipinski definition) is 1. The van der Waals surface area contributed by atoms with Crippen LogP contribution >= 0.6 is 0 Å². The molecule has 0 bridgehead atoms. The second kappa shape index (κ2) is 5.71. The molecule has 0 aromatic rings. The molecule has 2 aliphatic rings. The normalized spacial score (nSPS) is 24.6. The molecule has 1 atom stereocenters. The molecule has 6 heteroatoms. The van der Waals surface area contributed by atoms with Gasteiger partial charge in [-0.25, -0.2) is 4.79 Å². The molecule has 0 aromatic heterocycles. The summed E-state index contributed by atoms with van der Waals surface area (Å²) in [5.41, 5.74) is 0.963. The summed E-state index contributed by atoms with van der Waals surface area (Å²) in [6, 6.07) is 0. The third-order valence-corrected chi connectivity index (χ3v) is 3.96. The van der Waals surface area contributed by atoms with Crippen molar-refractivity contribution in [3.63, 3.8) is 0 Å². The van der Waals surface area contributed by atoms with Crippen LogP contribution in [0.4, 0.5) is 4.79 Å². The maximum Gasteiger partial charge on any atom is 0.408 e. The van der Waals surface area contributed by atoms with Crippen LogP contribution in [0.2, 0.25) is 0 Å². The number of allylic oxidation sites excluding steroid dienone is 1. The summed E-state index contributed by atoms with van der Waals surface area (Å²) in [5.74, 6) is -0.432. The first-order valence-corrected chi connectivity index (χ1v) is 6.91. The fourth-order valence-corrected chi connectivity index (χ4v) is 2.83. The van der Waals surface area contributed by atoms with Crippen molar-refractivity contribution in [1.29, 1.82) is 0 Å². The molecule has 114 valence electrons. The van der Waals surface area contributed by atoms with Gasteiger partial charge in [-0.2, -0.15) is 0 Å². The lowest BCUT2D eigenvalue weighted by Gasteiger charge is -2.25. The van der Waals surface area contributed by atoms with E-state index >= 15 is 0 Å². The van der Waals surface area contributed by atoms with Gasteiger partial charge >= 0.3 is 12.1 Å². The molecule has 0 radical (unpaired) electrons. The van der Waals surface area contributed by atoms with Crippen molar-refractivity contribution in [3.8, 4) is 0 Å². The molecule has 1 aliphatic carbocycles. The van der Waals surface area contributed by atoms with E-state index < -0.39 is 11.6 Å². The molecule has 1 fully saturated rings. The Bertz CT molecular complexity index is 548. The highest BCUT2D eigenvalue weighted by atomic mass is 16.6. The molecule has 0 aromatic carbocycles. The number of rotatable bonds is 5. The number of cyclic esters (lactones) is 1. The SMILES string of the molecule is C=C1C(=O)C(C)=C(CCCCOC(C)=O)C12COC(=O)N2. The first-order chi connectivity index (χ1) is 9.88. The van der Waals surface area contributed by atoms with Crippen LogP contribution in [0.15, 0.2) is 23.3 Å². The number of Topliss-reactive ketones (excluding diaryl/α,β-unsaturated/α-hetero) is 1. The van der Waals surface area contributed by atoms with Gasteiger partial charge in [-0.1, -0.05) is 6.58 Å². The summed E-state index contributed by atoms with van der Waals surface area (Å²) in [6.45, 7) is 7.39. The average Bonchev–Trinajstić information content (AvgIpc) is 2.89. The van der Waals surface area contributed by atoms with Crippen LogP contribution in [0.5, 0.6) is 0 Å². The fraction of sp³-hybridized carbons (Fsp3) is 0.533. The van der Waals surface area contributed by atoms with Gasteiger partial charge in [-0.05, 0) is 37.3 Å². The van der Waals surface area contributed by atoms with Crippen LogP contribution in [0, 0.1) is 0 Å². The number of alkyl carbamates (subject to hydrolysis) is 1. The molecule has 1 unspecified atom stereocenters. The van der Waals surface area contributed by atoms with Crippen LogP contribution in [-0.4, -0.2) is 36.6 Å². The van der Waals surface area contributed by atoms with Crippen LogP contribution in [0.25, 0.3) is 0 Å². The molecule has 0 saturated carbocycles. The number of carbonyl (C=O) groups excluding carboxylic acids is 3. The van der Waals surface area contributed by atoms with E-state index in [1.165, 1.54) is 6.92 Å². The second-order valence-electron chi connectivity index (χ2n) is 5.31. The van der Waals surface area contributed by atoms with E-state index in [-0.39, 0.29) is 18.4 Å². The summed E-state index contributed by atoms with van der Waals surface area (Å²) >= 11 is 0. The number of carbonyl (C=O) groups is 3. The third kappa shape index (κ3) is 2.70. The molecule has 1 amide bonds. The monoisotopic (exact) mass is 293 g/mol. The van der Waals surface area contributed by atoms with Gasteiger partial charge in [0.25, 0.3) is 0 Å². The van der Waals surface area contributed by atoms with E-state index in [0.717, 1.165) is 12.0 Å². The van der Waals surface area contributed by atoms with Gasteiger partial charge in [0.2, 0.25) is 0 Å². The van der Waals surface area contributed by atoms with Crippen molar-refractivity contribution in [1.82, 2.24) is 5.32 Å². The lowest BCUT2D eigenvalue weighted by Crippen LogP contribution is -2.45. The van der Waals surface area contributed by atoms with Crippen LogP contribution < -0.4 is 5.32 Å². The lowest BCUT2D eigenvalue weighted by atomic mass is 9.86. The molecule has 6 nitrogen and oxygen atoms in total. The van der Waals surface area contributed by atoms with Gasteiger partial charge in [-0.15, -0.1) is 0 Å². The first-order valence-electron chi connectivity index (χ1n) is 6.91. The van der Waals surface area contributed by atoms with E-state index in [4.69, 9.17) is 9.47 Å². The number of hydrogen-bond acceptors (Lipinski definition) is 5. The van der Waals surface area contributed by atoms with Gasteiger partial charge < -0.3 is 14.8 Å². The molecule has 21 heavy (non-hydrogen) atoms. The average molecular weight is 293 g/mol. The molecule has 1 saturated heterocycles. The standard InChI is InChI=1S/C15H19NO5/c1-9-12(6-4-5-7-20-11(3)17)15(10(2)13(9)18)8-21-14(19)16-15/h2,4-8H2,1,3H3,(H,16,19). The van der Waals surface area contributed by atoms with Crippen LogP contribution in [0.3, 0.4) is 0 Å². The molecular formula is C15H19NO5. The Hall–Kier alpha value is -2.11. The zero-order valence-electron chi connectivity index (χ0n) is 12.3. The first kappa shape index (κ1) is 15.3. The van der Waals surface area contributed by atoms with Crippen molar-refractivity contribution in [2.45, 2.75) is 38.6 Å². The van der Waals surface area contributed by atoms with Crippen molar-refractivity contribution >= 4 is 17.8 Å². The van der Waals surface area contributed by atoms with E-state index in [1.54, 1.807) is 6.92 Å². The van der Waals surface area contributed by atoms with Gasteiger partial charge in [0.1, 0.15) is 12.1 Å². The Morgan fingerprint density at radius 3 is 2.71 bits per heavy atom. The predicted octanol–water partition coefficient (Wildman–Crippen LogP) is 1.65. The summed E-state index contributed by atoms with van der Waals surface area (Å²) in [5, 5.41) is 2.72. The zero-order chi connectivity index (χ0) is 15.6. The van der Waals surface area contributed by atoms with Crippen LogP contribution in [0.1, 0.15) is 33.1 Å². The predicted molar refractivity (Wildman–Crippen MR) is 74.5 cm³/mol. The summed E-state index contributed by atoms with van der Waals surface area (Å²) in [4.78, 5) is 34.2. The van der Waals surface area contributed by atoms with Crippen LogP contribution in [-0.2, 0) is 19.1 Å². The molecule has 1 aliphatic heterocycles. The Kier molecular flexibility index (Phi) is 4.16. The molecular weight excluding hydrogens is 274 g/mol. The van der Waals surface area contributed by atoms with Gasteiger partial charge in [0.15, 0.2) is 5.78 Å². The van der Waals surface area contributed by atoms with E-state index in [1.807, 2.05) is 0 Å². The summed E-state index contributed by atoms with van der Waals surface area (Å²) in [7, 11) is 0. The van der Waals surface area contributed by atoms with E-state index in [0.29, 0.717) is 30.6 Å². The largest absolute Gasteiger partial charge is 0.466 e. The van der Waals surface area contributed by atoms with Crippen molar-refractivity contribution < 1.29 is 23.9 Å². The van der Waals surface area contributed by atoms with Crippen molar-refractivity contribution in [2.24, 2.45) is 0 Å². The van der Waals surface area contributed by atoms with Crippen molar-refractivity contribution in [2.75, 3.05) is 13.2 Å². The van der Waals surface area contributed by atoms with Crippen molar-refractivity contribution in [3.05, 3.63) is 23.3 Å². The Morgan fingerprint density at radius 1 is 1.43 bits per heavy atom. The minimum atomic E-state index is -0.875. The summed E-state index contributed by atoms with van der Waals surface area (Å²) < 4.78 is 9.86.